The Bertz CT molecular complexity index is 1050. The molecule has 1 saturated carbocycles. The van der Waals surface area contributed by atoms with E-state index in [2.05, 4.69) is 16.0 Å². The molecule has 0 unspecified atom stereocenters. The van der Waals surface area contributed by atoms with E-state index >= 15 is 0 Å². The molecule has 5 N–H and O–H groups in total. The van der Waals surface area contributed by atoms with Crippen LogP contribution in [-0.2, 0) is 0 Å². The molecule has 0 atom stereocenters. The SMILES string of the molecule is N/C(=C(/C=C/C1CCN(c2ccc(C(=O)O)cn2)CC1)N(N)c1c(Cl)cccc1Cl)C1CC1. The number of nitrogens with two attached hydrogens (primary N) is 2. The van der Waals surface area contributed by atoms with Crippen LogP contribution in [0, 0.1) is 11.8 Å². The Labute approximate surface area is 203 Å². The second kappa shape index (κ2) is 10.0. The topological polar surface area (TPSA) is 109 Å². The highest BCUT2D eigenvalue weighted by molar-refractivity contribution is 6.39. The lowest BCUT2D eigenvalue weighted by atomic mass is 9.95. The summed E-state index contributed by atoms with van der Waals surface area (Å²) in [5.74, 6) is 6.98. The monoisotopic (exact) mass is 487 g/mol. The van der Waals surface area contributed by atoms with Gasteiger partial charge >= 0.3 is 5.97 Å². The van der Waals surface area contributed by atoms with Gasteiger partial charge in [0.1, 0.15) is 5.82 Å². The minimum absolute atomic E-state index is 0.189. The Morgan fingerprint density at radius 1 is 1.12 bits per heavy atom. The van der Waals surface area contributed by atoms with E-state index in [1.165, 1.54) is 11.2 Å². The smallest absolute Gasteiger partial charge is 0.337 e. The van der Waals surface area contributed by atoms with Crippen molar-refractivity contribution >= 4 is 40.7 Å². The first-order valence-electron chi connectivity index (χ1n) is 11.0. The van der Waals surface area contributed by atoms with E-state index < -0.39 is 5.97 Å². The highest BCUT2D eigenvalue weighted by Gasteiger charge is 2.29. The molecule has 1 aromatic carbocycles. The molecule has 2 aromatic rings. The van der Waals surface area contributed by atoms with Crippen molar-refractivity contribution in [3.8, 4) is 0 Å². The van der Waals surface area contributed by atoms with E-state index in [1.54, 1.807) is 30.3 Å². The van der Waals surface area contributed by atoms with Crippen LogP contribution in [-0.4, -0.2) is 29.1 Å². The fourth-order valence-electron chi connectivity index (χ4n) is 4.01. The normalized spacial score (nSPS) is 17.8. The van der Waals surface area contributed by atoms with Gasteiger partial charge in [0.25, 0.3) is 0 Å². The Kier molecular flexibility index (Phi) is 7.12. The largest absolute Gasteiger partial charge is 0.478 e. The standard InChI is InChI=1S/C24H27Cl2N5O2/c25-18-2-1-3-19(26)23(18)31(28)20(22(27)16-5-6-16)8-4-15-10-12-30(13-11-15)21-9-7-17(14-29-21)24(32)33/h1-4,7-9,14-16H,5-6,10-13,27-28H2,(H,32,33)/b8-4+,22-20-. The first-order chi connectivity index (χ1) is 15.8. The number of nitrogens with zero attached hydrogens (tertiary/aromatic N) is 3. The molecule has 4 rings (SSSR count). The van der Waals surface area contributed by atoms with Crippen molar-refractivity contribution in [2.24, 2.45) is 23.4 Å². The molecule has 2 heterocycles. The van der Waals surface area contributed by atoms with Crippen molar-refractivity contribution in [2.45, 2.75) is 25.7 Å². The molecule has 0 amide bonds. The van der Waals surface area contributed by atoms with Crippen LogP contribution in [0.1, 0.15) is 36.0 Å². The highest BCUT2D eigenvalue weighted by atomic mass is 35.5. The van der Waals surface area contributed by atoms with Gasteiger partial charge in [-0.2, -0.15) is 0 Å². The summed E-state index contributed by atoms with van der Waals surface area (Å²) < 4.78 is 0. The molecule has 1 aliphatic carbocycles. The first-order valence-corrected chi connectivity index (χ1v) is 11.7. The zero-order valence-electron chi connectivity index (χ0n) is 18.1. The maximum atomic E-state index is 11.0. The van der Waals surface area contributed by atoms with Gasteiger partial charge in [-0.3, -0.25) is 5.01 Å². The molecule has 9 heteroatoms. The first kappa shape index (κ1) is 23.4. The molecule has 2 aliphatic rings. The van der Waals surface area contributed by atoms with Crippen LogP contribution in [0.5, 0.6) is 0 Å². The number of allylic oxidation sites excluding steroid dienone is 3. The molecule has 33 heavy (non-hydrogen) atoms. The van der Waals surface area contributed by atoms with E-state index in [1.807, 2.05) is 6.08 Å². The Morgan fingerprint density at radius 2 is 1.79 bits per heavy atom. The van der Waals surface area contributed by atoms with Crippen LogP contribution in [0.3, 0.4) is 0 Å². The fraction of sp³-hybridized carbons (Fsp3) is 0.333. The predicted molar refractivity (Wildman–Crippen MR) is 132 cm³/mol. The van der Waals surface area contributed by atoms with Crippen molar-refractivity contribution in [1.82, 2.24) is 4.98 Å². The summed E-state index contributed by atoms with van der Waals surface area (Å²) in [4.78, 5) is 17.5. The summed E-state index contributed by atoms with van der Waals surface area (Å²) >= 11 is 12.8. The van der Waals surface area contributed by atoms with Crippen LogP contribution in [0.2, 0.25) is 10.0 Å². The van der Waals surface area contributed by atoms with Crippen molar-refractivity contribution in [3.63, 3.8) is 0 Å². The van der Waals surface area contributed by atoms with Crippen LogP contribution in [0.25, 0.3) is 0 Å². The van der Waals surface area contributed by atoms with Crippen LogP contribution in [0.15, 0.2) is 60.1 Å². The Morgan fingerprint density at radius 3 is 2.33 bits per heavy atom. The van der Waals surface area contributed by atoms with E-state index in [4.69, 9.17) is 39.9 Å². The summed E-state index contributed by atoms with van der Waals surface area (Å²) in [5.41, 5.74) is 8.67. The second-order valence-electron chi connectivity index (χ2n) is 8.45. The van der Waals surface area contributed by atoms with E-state index in [-0.39, 0.29) is 5.56 Å². The van der Waals surface area contributed by atoms with Crippen molar-refractivity contribution in [1.29, 1.82) is 0 Å². The Hall–Kier alpha value is -2.74. The number of benzene rings is 1. The minimum Gasteiger partial charge on any atom is -0.478 e. The van der Waals surface area contributed by atoms with E-state index in [0.717, 1.165) is 56.0 Å². The maximum Gasteiger partial charge on any atom is 0.337 e. The number of piperidine rings is 1. The molecule has 0 bridgehead atoms. The number of pyridine rings is 1. The lowest BCUT2D eigenvalue weighted by Gasteiger charge is -2.32. The van der Waals surface area contributed by atoms with Gasteiger partial charge in [0.05, 0.1) is 27.0 Å². The van der Waals surface area contributed by atoms with Crippen molar-refractivity contribution in [2.75, 3.05) is 23.0 Å². The average molecular weight is 488 g/mol. The molecule has 1 saturated heterocycles. The summed E-state index contributed by atoms with van der Waals surface area (Å²) in [7, 11) is 0. The molecule has 0 radical (unpaired) electrons. The molecule has 174 valence electrons. The summed E-state index contributed by atoms with van der Waals surface area (Å²) in [5, 5.41) is 11.5. The van der Waals surface area contributed by atoms with E-state index in [9.17, 15) is 4.79 Å². The number of hydrazine groups is 1. The van der Waals surface area contributed by atoms with Gasteiger partial charge in [0.2, 0.25) is 0 Å². The molecule has 7 nitrogen and oxygen atoms in total. The van der Waals surface area contributed by atoms with Gasteiger partial charge in [-0.25, -0.2) is 15.6 Å². The number of anilines is 2. The van der Waals surface area contributed by atoms with E-state index in [0.29, 0.717) is 27.6 Å². The number of aromatic nitrogens is 1. The molecule has 2 fully saturated rings. The average Bonchev–Trinajstić information content (AvgIpc) is 3.65. The number of hydrogen-bond acceptors (Lipinski definition) is 6. The predicted octanol–water partition coefficient (Wildman–Crippen LogP) is 4.82. The summed E-state index contributed by atoms with van der Waals surface area (Å²) in [6.45, 7) is 1.66. The third kappa shape index (κ3) is 5.43. The number of halogens is 2. The van der Waals surface area contributed by atoms with Gasteiger partial charge < -0.3 is 15.7 Å². The quantitative estimate of drug-likeness (QED) is 0.291. The number of carbonyl (C=O) groups is 1. The van der Waals surface area contributed by atoms with Crippen LogP contribution >= 0.6 is 23.2 Å². The third-order valence-electron chi connectivity index (χ3n) is 6.14. The van der Waals surface area contributed by atoms with Crippen LogP contribution < -0.4 is 21.5 Å². The zero-order chi connectivity index (χ0) is 23.5. The maximum absolute atomic E-state index is 11.0. The number of carboxylic acid groups (broad SMARTS) is 1. The molecule has 0 spiro atoms. The van der Waals surface area contributed by atoms with Crippen molar-refractivity contribution < 1.29 is 9.90 Å². The Balaban J connectivity index is 1.46. The number of hydrogen-bond donors (Lipinski definition) is 3. The summed E-state index contributed by atoms with van der Waals surface area (Å²) in [6, 6.07) is 8.64. The lowest BCUT2D eigenvalue weighted by Crippen LogP contribution is -2.34. The number of aromatic carboxylic acids is 1. The minimum atomic E-state index is -0.973. The zero-order valence-corrected chi connectivity index (χ0v) is 19.6. The number of para-hydroxylation sites is 1. The molecular weight excluding hydrogens is 461 g/mol. The van der Waals surface area contributed by atoms with Gasteiger partial charge in [-0.15, -0.1) is 0 Å². The third-order valence-corrected chi connectivity index (χ3v) is 6.75. The summed E-state index contributed by atoms with van der Waals surface area (Å²) in [6.07, 6.45) is 9.54. The number of rotatable bonds is 7. The molecule has 1 aromatic heterocycles. The van der Waals surface area contributed by atoms with Gasteiger partial charge in [-0.05, 0) is 61.9 Å². The molecular formula is C24H27Cl2N5O2. The highest BCUT2D eigenvalue weighted by Crippen LogP contribution is 2.39. The van der Waals surface area contributed by atoms with Gasteiger partial charge in [-0.1, -0.05) is 35.3 Å². The fourth-order valence-corrected chi connectivity index (χ4v) is 4.59. The molecule has 1 aliphatic heterocycles. The van der Waals surface area contributed by atoms with Gasteiger partial charge in [0.15, 0.2) is 0 Å². The number of carboxylic acids is 1. The second-order valence-corrected chi connectivity index (χ2v) is 9.26. The lowest BCUT2D eigenvalue weighted by molar-refractivity contribution is 0.0696. The van der Waals surface area contributed by atoms with Crippen molar-refractivity contribution in [3.05, 3.63) is 75.7 Å². The van der Waals surface area contributed by atoms with Gasteiger partial charge in [0, 0.05) is 30.9 Å². The van der Waals surface area contributed by atoms with Crippen LogP contribution in [0.4, 0.5) is 11.5 Å².